The number of oxime groups is 1. The van der Waals surface area contributed by atoms with E-state index in [1.165, 1.54) is 38.6 Å². The molecule has 0 aromatic rings. The third-order valence-corrected chi connectivity index (χ3v) is 4.15. The zero-order chi connectivity index (χ0) is 11.6. The fraction of sp³-hybridized carbons (Fsp3) is 0.917. The van der Waals surface area contributed by atoms with Crippen LogP contribution in [0.1, 0.15) is 45.4 Å². The molecule has 0 aromatic carbocycles. The van der Waals surface area contributed by atoms with Gasteiger partial charge in [-0.15, -0.1) is 0 Å². The lowest BCUT2D eigenvalue weighted by Gasteiger charge is -2.28. The molecule has 92 valence electrons. The molecule has 0 bridgehead atoms. The first kappa shape index (κ1) is 11.7. The van der Waals surface area contributed by atoms with Gasteiger partial charge in [-0.25, -0.2) is 0 Å². The molecule has 1 atom stereocenters. The molecule has 16 heavy (non-hydrogen) atoms. The van der Waals surface area contributed by atoms with Crippen LogP contribution >= 0.6 is 0 Å². The minimum absolute atomic E-state index is 0.327. The summed E-state index contributed by atoms with van der Waals surface area (Å²) in [5.74, 6) is 0.393. The predicted octanol–water partition coefficient (Wildman–Crippen LogP) is 1.78. The molecule has 1 unspecified atom stereocenters. The van der Waals surface area contributed by atoms with E-state index in [2.05, 4.69) is 17.0 Å². The maximum absolute atomic E-state index is 8.63. The van der Waals surface area contributed by atoms with Crippen molar-refractivity contribution in [3.8, 4) is 0 Å². The van der Waals surface area contributed by atoms with Crippen LogP contribution in [0.4, 0.5) is 0 Å². The monoisotopic (exact) mass is 225 g/mol. The van der Waals surface area contributed by atoms with Gasteiger partial charge in [0.05, 0.1) is 0 Å². The Bertz CT molecular complexity index is 273. The van der Waals surface area contributed by atoms with E-state index in [1.54, 1.807) is 0 Å². The van der Waals surface area contributed by atoms with Crippen LogP contribution in [0.3, 0.4) is 0 Å². The van der Waals surface area contributed by atoms with E-state index in [0.29, 0.717) is 11.3 Å². The Hall–Kier alpha value is -0.770. The second-order valence-electron chi connectivity index (χ2n) is 5.44. The molecule has 0 amide bonds. The van der Waals surface area contributed by atoms with Gasteiger partial charge in [0.2, 0.25) is 0 Å². The maximum Gasteiger partial charge on any atom is 0.139 e. The third-order valence-electron chi connectivity index (χ3n) is 4.15. The Balaban J connectivity index is 1.89. The number of nitrogens with zero attached hydrogens (tertiary/aromatic N) is 2. The molecule has 1 saturated heterocycles. The molecule has 4 heteroatoms. The summed E-state index contributed by atoms with van der Waals surface area (Å²) in [5.41, 5.74) is 5.95. The lowest BCUT2D eigenvalue weighted by atomic mass is 10.0. The summed E-state index contributed by atoms with van der Waals surface area (Å²) in [6.07, 6.45) is 7.15. The SMILES string of the molecule is CCC1CCCN1CC1(CC(N)=NO)CC1. The minimum atomic E-state index is 0.327. The van der Waals surface area contributed by atoms with Crippen molar-refractivity contribution in [1.29, 1.82) is 0 Å². The molecular weight excluding hydrogens is 202 g/mol. The van der Waals surface area contributed by atoms with Crippen LogP contribution < -0.4 is 5.73 Å². The van der Waals surface area contributed by atoms with Gasteiger partial charge in [0, 0.05) is 19.0 Å². The van der Waals surface area contributed by atoms with Crippen LogP contribution in [0.25, 0.3) is 0 Å². The molecule has 1 heterocycles. The quantitative estimate of drug-likeness (QED) is 0.324. The average Bonchev–Trinajstić information content (AvgIpc) is 2.88. The van der Waals surface area contributed by atoms with Gasteiger partial charge in [-0.2, -0.15) is 0 Å². The Morgan fingerprint density at radius 3 is 2.88 bits per heavy atom. The molecule has 4 nitrogen and oxygen atoms in total. The van der Waals surface area contributed by atoms with Gasteiger partial charge in [0.15, 0.2) is 0 Å². The first-order valence-electron chi connectivity index (χ1n) is 6.39. The van der Waals surface area contributed by atoms with Gasteiger partial charge in [0.1, 0.15) is 5.84 Å². The lowest BCUT2D eigenvalue weighted by molar-refractivity contribution is 0.201. The van der Waals surface area contributed by atoms with E-state index in [0.717, 1.165) is 19.0 Å². The lowest BCUT2D eigenvalue weighted by Crippen LogP contribution is -2.36. The van der Waals surface area contributed by atoms with E-state index in [4.69, 9.17) is 10.9 Å². The molecule has 0 radical (unpaired) electrons. The van der Waals surface area contributed by atoms with Crippen molar-refractivity contribution in [2.24, 2.45) is 16.3 Å². The smallest absolute Gasteiger partial charge is 0.139 e. The van der Waals surface area contributed by atoms with Crippen molar-refractivity contribution >= 4 is 5.84 Å². The van der Waals surface area contributed by atoms with Gasteiger partial charge in [-0.1, -0.05) is 12.1 Å². The Morgan fingerprint density at radius 1 is 1.56 bits per heavy atom. The molecule has 3 N–H and O–H groups in total. The Morgan fingerprint density at radius 2 is 2.31 bits per heavy atom. The zero-order valence-electron chi connectivity index (χ0n) is 10.2. The van der Waals surface area contributed by atoms with Crippen molar-refractivity contribution in [1.82, 2.24) is 4.90 Å². The molecule has 2 rings (SSSR count). The topological polar surface area (TPSA) is 61.8 Å². The van der Waals surface area contributed by atoms with Crippen LogP contribution in [-0.4, -0.2) is 35.1 Å². The molecule has 1 aliphatic heterocycles. The summed E-state index contributed by atoms with van der Waals surface area (Å²) in [5, 5.41) is 11.7. The van der Waals surface area contributed by atoms with Gasteiger partial charge in [-0.3, -0.25) is 4.90 Å². The van der Waals surface area contributed by atoms with Crippen LogP contribution in [0.5, 0.6) is 0 Å². The summed E-state index contributed by atoms with van der Waals surface area (Å²) in [4.78, 5) is 2.61. The van der Waals surface area contributed by atoms with Crippen molar-refractivity contribution in [2.45, 2.75) is 51.5 Å². The van der Waals surface area contributed by atoms with Crippen molar-refractivity contribution in [3.05, 3.63) is 0 Å². The number of hydrogen-bond acceptors (Lipinski definition) is 3. The van der Waals surface area contributed by atoms with E-state index in [-0.39, 0.29) is 0 Å². The van der Waals surface area contributed by atoms with Gasteiger partial charge < -0.3 is 10.9 Å². The first-order valence-corrected chi connectivity index (χ1v) is 6.39. The minimum Gasteiger partial charge on any atom is -0.409 e. The summed E-state index contributed by atoms with van der Waals surface area (Å²) in [6.45, 7) is 4.64. The van der Waals surface area contributed by atoms with Crippen LogP contribution in [0.15, 0.2) is 5.16 Å². The maximum atomic E-state index is 8.63. The number of amidine groups is 1. The number of rotatable bonds is 5. The second-order valence-corrected chi connectivity index (χ2v) is 5.44. The summed E-state index contributed by atoms with van der Waals surface area (Å²) in [6, 6.07) is 0.768. The van der Waals surface area contributed by atoms with E-state index in [1.807, 2.05) is 0 Å². The standard InChI is InChI=1S/C12H23N3O/c1-2-10-4-3-7-15(10)9-12(5-6-12)8-11(13)14-16/h10,16H,2-9H2,1H3,(H2,13,14). The first-order chi connectivity index (χ1) is 7.69. The molecular formula is C12H23N3O. The Kier molecular flexibility index (Phi) is 3.38. The van der Waals surface area contributed by atoms with E-state index in [9.17, 15) is 0 Å². The fourth-order valence-corrected chi connectivity index (χ4v) is 2.98. The highest BCUT2D eigenvalue weighted by molar-refractivity contribution is 5.80. The van der Waals surface area contributed by atoms with Gasteiger partial charge >= 0.3 is 0 Å². The molecule has 2 fully saturated rings. The predicted molar refractivity (Wildman–Crippen MR) is 64.6 cm³/mol. The fourth-order valence-electron chi connectivity index (χ4n) is 2.98. The third kappa shape index (κ3) is 2.48. The van der Waals surface area contributed by atoms with E-state index >= 15 is 0 Å². The highest BCUT2D eigenvalue weighted by Gasteiger charge is 2.45. The second kappa shape index (κ2) is 4.62. The van der Waals surface area contributed by atoms with Crippen molar-refractivity contribution in [2.75, 3.05) is 13.1 Å². The molecule has 2 aliphatic rings. The highest BCUT2D eigenvalue weighted by Crippen LogP contribution is 2.50. The van der Waals surface area contributed by atoms with E-state index < -0.39 is 0 Å². The Labute approximate surface area is 97.5 Å². The zero-order valence-corrected chi connectivity index (χ0v) is 10.2. The average molecular weight is 225 g/mol. The number of likely N-dealkylation sites (tertiary alicyclic amines) is 1. The molecule has 0 spiro atoms. The van der Waals surface area contributed by atoms with Gasteiger partial charge in [0.25, 0.3) is 0 Å². The highest BCUT2D eigenvalue weighted by atomic mass is 16.4. The summed E-state index contributed by atoms with van der Waals surface area (Å²) >= 11 is 0. The van der Waals surface area contributed by atoms with Crippen LogP contribution in [-0.2, 0) is 0 Å². The normalized spacial score (nSPS) is 29.6. The van der Waals surface area contributed by atoms with Crippen LogP contribution in [0, 0.1) is 5.41 Å². The number of nitrogens with two attached hydrogens (primary N) is 1. The number of hydrogen-bond donors (Lipinski definition) is 2. The van der Waals surface area contributed by atoms with Crippen LogP contribution in [0.2, 0.25) is 0 Å². The molecule has 0 aromatic heterocycles. The van der Waals surface area contributed by atoms with Gasteiger partial charge in [-0.05, 0) is 44.1 Å². The summed E-state index contributed by atoms with van der Waals surface area (Å²) in [7, 11) is 0. The van der Waals surface area contributed by atoms with Crippen molar-refractivity contribution in [3.63, 3.8) is 0 Å². The van der Waals surface area contributed by atoms with Crippen molar-refractivity contribution < 1.29 is 5.21 Å². The molecule has 1 aliphatic carbocycles. The largest absolute Gasteiger partial charge is 0.409 e. The molecule has 1 saturated carbocycles. The summed E-state index contributed by atoms with van der Waals surface area (Å²) < 4.78 is 0.